The molecule has 0 heterocycles. The van der Waals surface area contributed by atoms with E-state index in [0.29, 0.717) is 17.9 Å². The Hall–Kier alpha value is -2.42. The summed E-state index contributed by atoms with van der Waals surface area (Å²) in [7, 11) is 0. The van der Waals surface area contributed by atoms with Crippen molar-refractivity contribution < 1.29 is 4.74 Å². The number of ether oxygens (including phenoxy) is 1. The summed E-state index contributed by atoms with van der Waals surface area (Å²) < 4.78 is 5.71. The molecule has 98 valence electrons. The van der Waals surface area contributed by atoms with Gasteiger partial charge in [-0.05, 0) is 23.8 Å². The molecule has 0 saturated heterocycles. The van der Waals surface area contributed by atoms with Gasteiger partial charge in [0.1, 0.15) is 18.4 Å². The molecule has 2 rings (SSSR count). The van der Waals surface area contributed by atoms with Crippen molar-refractivity contribution in [2.45, 2.75) is 6.61 Å². The van der Waals surface area contributed by atoms with E-state index in [-0.39, 0.29) is 5.88 Å². The number of rotatable bonds is 3. The fraction of sp³-hybridized carbons (Fsp3) is 0.118. The van der Waals surface area contributed by atoms with Crippen molar-refractivity contribution >= 4 is 11.6 Å². The van der Waals surface area contributed by atoms with Gasteiger partial charge in [0.05, 0.1) is 11.4 Å². The average Bonchev–Trinajstić information content (AvgIpc) is 2.52. The van der Waals surface area contributed by atoms with Gasteiger partial charge in [0.2, 0.25) is 0 Å². The third-order valence-corrected chi connectivity index (χ3v) is 2.77. The molecule has 0 aliphatic carbocycles. The Morgan fingerprint density at radius 3 is 2.60 bits per heavy atom. The molecule has 2 aromatic carbocycles. The molecule has 2 nitrogen and oxygen atoms in total. The van der Waals surface area contributed by atoms with Crippen LogP contribution >= 0.6 is 11.6 Å². The lowest BCUT2D eigenvalue weighted by Crippen LogP contribution is -1.97. The third kappa shape index (κ3) is 3.79. The van der Waals surface area contributed by atoms with Gasteiger partial charge >= 0.3 is 0 Å². The summed E-state index contributed by atoms with van der Waals surface area (Å²) in [6.45, 7) is 0.419. The molecular weight excluding hydrogens is 270 g/mol. The van der Waals surface area contributed by atoms with Crippen molar-refractivity contribution in [2.75, 3.05) is 5.88 Å². The first-order valence-corrected chi connectivity index (χ1v) is 6.62. The van der Waals surface area contributed by atoms with E-state index in [9.17, 15) is 0 Å². The van der Waals surface area contributed by atoms with Crippen LogP contribution in [0.4, 0.5) is 0 Å². The third-order valence-electron chi connectivity index (χ3n) is 2.64. The first kappa shape index (κ1) is 14.0. The van der Waals surface area contributed by atoms with Gasteiger partial charge in [-0.25, -0.2) is 0 Å². The molecule has 2 aromatic rings. The van der Waals surface area contributed by atoms with Crippen LogP contribution in [0.1, 0.15) is 16.7 Å². The number of hydrogen-bond acceptors (Lipinski definition) is 2. The lowest BCUT2D eigenvalue weighted by atomic mass is 10.1. The van der Waals surface area contributed by atoms with Gasteiger partial charge in [-0.15, -0.1) is 11.6 Å². The molecule has 0 N–H and O–H groups in total. The molecule has 0 saturated carbocycles. The van der Waals surface area contributed by atoms with Crippen LogP contribution in [0, 0.1) is 23.2 Å². The van der Waals surface area contributed by atoms with E-state index >= 15 is 0 Å². The minimum atomic E-state index is 0.278. The van der Waals surface area contributed by atoms with E-state index in [0.717, 1.165) is 11.1 Å². The summed E-state index contributed by atoms with van der Waals surface area (Å²) in [5, 5.41) is 9.10. The second kappa shape index (κ2) is 7.24. The van der Waals surface area contributed by atoms with E-state index in [2.05, 4.69) is 17.9 Å². The summed E-state index contributed by atoms with van der Waals surface area (Å²) >= 11 is 5.53. The highest BCUT2D eigenvalue weighted by Crippen LogP contribution is 2.20. The van der Waals surface area contributed by atoms with Crippen LogP contribution in [0.25, 0.3) is 0 Å². The van der Waals surface area contributed by atoms with Crippen molar-refractivity contribution in [3.8, 4) is 23.7 Å². The van der Waals surface area contributed by atoms with Gasteiger partial charge in [0.15, 0.2) is 0 Å². The van der Waals surface area contributed by atoms with Crippen LogP contribution in [0.2, 0.25) is 0 Å². The van der Waals surface area contributed by atoms with Gasteiger partial charge in [-0.2, -0.15) is 5.26 Å². The summed E-state index contributed by atoms with van der Waals surface area (Å²) in [5.74, 6) is 6.51. The largest absolute Gasteiger partial charge is 0.487 e. The number of halogens is 1. The molecule has 0 spiro atoms. The predicted molar refractivity (Wildman–Crippen MR) is 79.5 cm³/mol. The van der Waals surface area contributed by atoms with E-state index in [1.54, 1.807) is 18.2 Å². The minimum absolute atomic E-state index is 0.278. The lowest BCUT2D eigenvalue weighted by Gasteiger charge is -2.08. The molecule has 0 aromatic heterocycles. The number of nitriles is 1. The highest BCUT2D eigenvalue weighted by Gasteiger charge is 2.04. The molecule has 0 atom stereocenters. The SMILES string of the molecule is N#Cc1ccc(C#CCCl)cc1OCc1ccccc1. The molecule has 0 bridgehead atoms. The van der Waals surface area contributed by atoms with Gasteiger partial charge in [0, 0.05) is 5.56 Å². The van der Waals surface area contributed by atoms with E-state index in [4.69, 9.17) is 21.6 Å². The molecule has 0 aliphatic heterocycles. The predicted octanol–water partition coefficient (Wildman–Crippen LogP) is 3.73. The standard InChI is InChI=1S/C17H12ClNO/c18-10-4-7-14-8-9-16(12-19)17(11-14)20-13-15-5-2-1-3-6-15/h1-3,5-6,8-9,11H,10,13H2. The van der Waals surface area contributed by atoms with Gasteiger partial charge in [-0.3, -0.25) is 0 Å². The quantitative estimate of drug-likeness (QED) is 0.634. The van der Waals surface area contributed by atoms with E-state index in [1.807, 2.05) is 30.3 Å². The minimum Gasteiger partial charge on any atom is -0.487 e. The Bertz CT molecular complexity index is 678. The molecule has 20 heavy (non-hydrogen) atoms. The maximum absolute atomic E-state index is 9.10. The van der Waals surface area contributed by atoms with Crippen LogP contribution in [-0.2, 0) is 6.61 Å². The van der Waals surface area contributed by atoms with Crippen LogP contribution in [-0.4, -0.2) is 5.88 Å². The molecule has 0 amide bonds. The monoisotopic (exact) mass is 281 g/mol. The van der Waals surface area contributed by atoms with Crippen LogP contribution < -0.4 is 4.74 Å². The molecule has 0 radical (unpaired) electrons. The highest BCUT2D eigenvalue weighted by molar-refractivity contribution is 6.19. The molecule has 0 fully saturated rings. The normalized spacial score (nSPS) is 9.20. The maximum atomic E-state index is 9.10. The Morgan fingerprint density at radius 1 is 1.10 bits per heavy atom. The zero-order valence-corrected chi connectivity index (χ0v) is 11.5. The summed E-state index contributed by atoms with van der Waals surface area (Å²) in [6, 6.07) is 17.2. The highest BCUT2D eigenvalue weighted by atomic mass is 35.5. The fourth-order valence-electron chi connectivity index (χ4n) is 1.68. The summed E-state index contributed by atoms with van der Waals surface area (Å²) in [5.41, 5.74) is 2.33. The lowest BCUT2D eigenvalue weighted by molar-refractivity contribution is 0.305. The molecule has 0 unspecified atom stereocenters. The molecular formula is C17H12ClNO. The number of alkyl halides is 1. The first-order valence-electron chi connectivity index (χ1n) is 6.09. The molecule has 0 aliphatic rings. The second-order valence-corrected chi connectivity index (χ2v) is 4.30. The van der Waals surface area contributed by atoms with E-state index < -0.39 is 0 Å². The fourth-order valence-corrected chi connectivity index (χ4v) is 1.75. The first-order chi connectivity index (χ1) is 9.83. The van der Waals surface area contributed by atoms with Crippen LogP contribution in [0.5, 0.6) is 5.75 Å². The zero-order valence-electron chi connectivity index (χ0n) is 10.8. The Morgan fingerprint density at radius 2 is 1.90 bits per heavy atom. The Labute approximate surface area is 123 Å². The summed E-state index contributed by atoms with van der Waals surface area (Å²) in [6.07, 6.45) is 0. The van der Waals surface area contributed by atoms with Crippen molar-refractivity contribution in [2.24, 2.45) is 0 Å². The van der Waals surface area contributed by atoms with Crippen molar-refractivity contribution in [1.29, 1.82) is 5.26 Å². The summed E-state index contributed by atoms with van der Waals surface area (Å²) in [4.78, 5) is 0. The van der Waals surface area contributed by atoms with Gasteiger partial charge < -0.3 is 4.74 Å². The van der Waals surface area contributed by atoms with Gasteiger partial charge in [0.25, 0.3) is 0 Å². The Balaban J connectivity index is 2.19. The van der Waals surface area contributed by atoms with Crippen molar-refractivity contribution in [3.05, 3.63) is 65.2 Å². The van der Waals surface area contributed by atoms with E-state index in [1.165, 1.54) is 0 Å². The second-order valence-electron chi connectivity index (χ2n) is 4.03. The van der Waals surface area contributed by atoms with Gasteiger partial charge in [-0.1, -0.05) is 42.2 Å². The number of hydrogen-bond donors (Lipinski definition) is 0. The van der Waals surface area contributed by atoms with Crippen LogP contribution in [0.3, 0.4) is 0 Å². The zero-order chi connectivity index (χ0) is 14.2. The average molecular weight is 282 g/mol. The molecule has 3 heteroatoms. The smallest absolute Gasteiger partial charge is 0.138 e. The topological polar surface area (TPSA) is 33.0 Å². The van der Waals surface area contributed by atoms with Crippen molar-refractivity contribution in [1.82, 2.24) is 0 Å². The number of nitrogens with zero attached hydrogens (tertiary/aromatic N) is 1. The maximum Gasteiger partial charge on any atom is 0.138 e. The Kier molecular flexibility index (Phi) is 5.07. The number of benzene rings is 2. The van der Waals surface area contributed by atoms with Crippen molar-refractivity contribution in [3.63, 3.8) is 0 Å². The van der Waals surface area contributed by atoms with Crippen LogP contribution in [0.15, 0.2) is 48.5 Å².